The third-order valence-corrected chi connectivity index (χ3v) is 3.17. The molecule has 0 saturated heterocycles. The molecule has 0 bridgehead atoms. The molecule has 0 aliphatic carbocycles. The van der Waals surface area contributed by atoms with Gasteiger partial charge in [-0.05, 0) is 36.2 Å². The van der Waals surface area contributed by atoms with Crippen molar-refractivity contribution in [2.45, 2.75) is 6.42 Å². The monoisotopic (exact) mass is 285 g/mol. The highest BCUT2D eigenvalue weighted by Crippen LogP contribution is 2.27. The molecule has 1 N–H and O–H groups in total. The number of aromatic hydroxyl groups is 1. The molecule has 4 nitrogen and oxygen atoms in total. The Morgan fingerprint density at radius 3 is 2.48 bits per heavy atom. The molecule has 0 amide bonds. The lowest BCUT2D eigenvalue weighted by Crippen LogP contribution is -1.92. The van der Waals surface area contributed by atoms with Gasteiger partial charge in [-0.25, -0.2) is 0 Å². The first-order valence-corrected chi connectivity index (χ1v) is 6.73. The van der Waals surface area contributed by atoms with Gasteiger partial charge >= 0.3 is 0 Å². The van der Waals surface area contributed by atoms with Crippen LogP contribution in [0.1, 0.15) is 11.1 Å². The molecule has 0 aliphatic rings. The zero-order chi connectivity index (χ0) is 15.1. The van der Waals surface area contributed by atoms with E-state index in [0.29, 0.717) is 17.9 Å². The van der Waals surface area contributed by atoms with Crippen LogP contribution in [0.25, 0.3) is 0 Å². The lowest BCUT2D eigenvalue weighted by molar-refractivity contribution is 0.373. The van der Waals surface area contributed by atoms with E-state index in [-0.39, 0.29) is 5.75 Å². The number of rotatable bonds is 6. The predicted octanol–water partition coefficient (Wildman–Crippen LogP) is 3.07. The summed E-state index contributed by atoms with van der Waals surface area (Å²) in [6.45, 7) is 0.656. The predicted molar refractivity (Wildman–Crippen MR) is 83.8 cm³/mol. The number of phenolic OH excluding ortho intramolecular Hbond substituents is 1. The molecule has 0 aromatic heterocycles. The Morgan fingerprint density at radius 1 is 1.05 bits per heavy atom. The quantitative estimate of drug-likeness (QED) is 0.830. The van der Waals surface area contributed by atoms with Gasteiger partial charge in [-0.3, -0.25) is 4.99 Å². The number of hydrogen-bond acceptors (Lipinski definition) is 4. The number of phenols is 1. The van der Waals surface area contributed by atoms with E-state index >= 15 is 0 Å². The minimum Gasteiger partial charge on any atom is -0.504 e. The summed E-state index contributed by atoms with van der Waals surface area (Å²) >= 11 is 0. The molecule has 21 heavy (non-hydrogen) atoms. The van der Waals surface area contributed by atoms with Crippen molar-refractivity contribution in [2.24, 2.45) is 4.99 Å². The van der Waals surface area contributed by atoms with E-state index in [2.05, 4.69) is 4.99 Å². The molecular weight excluding hydrogens is 266 g/mol. The van der Waals surface area contributed by atoms with Crippen molar-refractivity contribution in [2.75, 3.05) is 20.8 Å². The summed E-state index contributed by atoms with van der Waals surface area (Å²) in [5, 5.41) is 9.93. The fourth-order valence-corrected chi connectivity index (χ4v) is 1.96. The number of hydrogen-bond donors (Lipinski definition) is 1. The topological polar surface area (TPSA) is 51.0 Å². The van der Waals surface area contributed by atoms with E-state index in [9.17, 15) is 5.11 Å². The Balaban J connectivity index is 1.93. The van der Waals surface area contributed by atoms with Crippen LogP contribution in [-0.4, -0.2) is 32.1 Å². The first-order chi connectivity index (χ1) is 10.2. The average molecular weight is 285 g/mol. The molecule has 4 heteroatoms. The minimum atomic E-state index is 0.119. The zero-order valence-corrected chi connectivity index (χ0v) is 12.2. The molecule has 2 aromatic carbocycles. The highest BCUT2D eigenvalue weighted by Gasteiger charge is 2.04. The normalized spacial score (nSPS) is 10.8. The first-order valence-electron chi connectivity index (χ1n) is 6.73. The Bertz CT molecular complexity index is 606. The van der Waals surface area contributed by atoms with Crippen LogP contribution in [0.4, 0.5) is 0 Å². The largest absolute Gasteiger partial charge is 0.504 e. The number of para-hydroxylation sites is 1. The van der Waals surface area contributed by atoms with Gasteiger partial charge in [0.2, 0.25) is 0 Å². The third kappa shape index (κ3) is 3.99. The van der Waals surface area contributed by atoms with Crippen LogP contribution in [0, 0.1) is 0 Å². The van der Waals surface area contributed by atoms with Gasteiger partial charge in [0.15, 0.2) is 11.5 Å². The van der Waals surface area contributed by atoms with Crippen LogP contribution in [-0.2, 0) is 6.42 Å². The lowest BCUT2D eigenvalue weighted by Gasteiger charge is -2.05. The third-order valence-electron chi connectivity index (χ3n) is 3.17. The van der Waals surface area contributed by atoms with E-state index in [1.54, 1.807) is 25.5 Å². The molecule has 0 spiro atoms. The first kappa shape index (κ1) is 14.9. The number of benzene rings is 2. The summed E-state index contributed by atoms with van der Waals surface area (Å²) < 4.78 is 10.2. The van der Waals surface area contributed by atoms with Gasteiger partial charge < -0.3 is 14.6 Å². The highest BCUT2D eigenvalue weighted by molar-refractivity contribution is 5.84. The highest BCUT2D eigenvalue weighted by atomic mass is 16.5. The minimum absolute atomic E-state index is 0.119. The lowest BCUT2D eigenvalue weighted by atomic mass is 10.1. The van der Waals surface area contributed by atoms with E-state index in [0.717, 1.165) is 12.2 Å². The standard InChI is InChI=1S/C17H19NO3/c1-20-15-8-6-13(7-9-15)10-11-18-12-14-4-3-5-16(21-2)17(14)19/h3-9,12,19H,10-11H2,1-2H3. The number of ether oxygens (including phenoxy) is 2. The van der Waals surface area contributed by atoms with Gasteiger partial charge in [0.1, 0.15) is 5.75 Å². The molecule has 0 heterocycles. The fourth-order valence-electron chi connectivity index (χ4n) is 1.96. The van der Waals surface area contributed by atoms with Gasteiger partial charge in [-0.15, -0.1) is 0 Å². The Labute approximate surface area is 124 Å². The van der Waals surface area contributed by atoms with Crippen LogP contribution in [0.2, 0.25) is 0 Å². The molecule has 0 radical (unpaired) electrons. The Morgan fingerprint density at radius 2 is 1.81 bits per heavy atom. The van der Waals surface area contributed by atoms with Crippen LogP contribution >= 0.6 is 0 Å². The molecule has 0 unspecified atom stereocenters. The summed E-state index contributed by atoms with van der Waals surface area (Å²) in [5.41, 5.74) is 1.85. The van der Waals surface area contributed by atoms with Crippen molar-refractivity contribution < 1.29 is 14.6 Å². The van der Waals surface area contributed by atoms with Gasteiger partial charge in [0.05, 0.1) is 14.2 Å². The van der Waals surface area contributed by atoms with Crippen molar-refractivity contribution in [3.63, 3.8) is 0 Å². The summed E-state index contributed by atoms with van der Waals surface area (Å²) in [7, 11) is 3.18. The number of nitrogens with zero attached hydrogens (tertiary/aromatic N) is 1. The summed E-state index contributed by atoms with van der Waals surface area (Å²) in [6, 6.07) is 13.3. The van der Waals surface area contributed by atoms with Crippen molar-refractivity contribution in [1.82, 2.24) is 0 Å². The molecule has 0 aliphatic heterocycles. The Hall–Kier alpha value is -2.49. The summed E-state index contributed by atoms with van der Waals surface area (Å²) in [5.74, 6) is 1.42. The second-order valence-electron chi connectivity index (χ2n) is 4.53. The maximum Gasteiger partial charge on any atom is 0.166 e. The molecular formula is C17H19NO3. The van der Waals surface area contributed by atoms with Crippen LogP contribution in [0.3, 0.4) is 0 Å². The zero-order valence-electron chi connectivity index (χ0n) is 12.2. The van der Waals surface area contributed by atoms with Gasteiger partial charge in [0, 0.05) is 18.3 Å². The van der Waals surface area contributed by atoms with Crippen LogP contribution in [0.5, 0.6) is 17.2 Å². The van der Waals surface area contributed by atoms with Gasteiger partial charge in [0.25, 0.3) is 0 Å². The van der Waals surface area contributed by atoms with E-state index in [1.165, 1.54) is 12.7 Å². The maximum atomic E-state index is 9.93. The second kappa shape index (κ2) is 7.33. The van der Waals surface area contributed by atoms with Crippen molar-refractivity contribution in [1.29, 1.82) is 0 Å². The molecule has 110 valence electrons. The van der Waals surface area contributed by atoms with Crippen LogP contribution < -0.4 is 9.47 Å². The van der Waals surface area contributed by atoms with Crippen LogP contribution in [0.15, 0.2) is 47.5 Å². The number of aliphatic imine (C=N–C) groups is 1. The van der Waals surface area contributed by atoms with E-state index < -0.39 is 0 Å². The SMILES string of the molecule is COc1ccc(CCN=Cc2cccc(OC)c2O)cc1. The molecule has 2 aromatic rings. The van der Waals surface area contributed by atoms with E-state index in [4.69, 9.17) is 9.47 Å². The van der Waals surface area contributed by atoms with Gasteiger partial charge in [-0.2, -0.15) is 0 Å². The van der Waals surface area contributed by atoms with Crippen molar-refractivity contribution >= 4 is 6.21 Å². The van der Waals surface area contributed by atoms with Gasteiger partial charge in [-0.1, -0.05) is 18.2 Å². The average Bonchev–Trinajstić information content (AvgIpc) is 2.53. The molecule has 2 rings (SSSR count). The fraction of sp³-hybridized carbons (Fsp3) is 0.235. The molecule has 0 fully saturated rings. The maximum absolute atomic E-state index is 9.93. The number of methoxy groups -OCH3 is 2. The summed E-state index contributed by atoms with van der Waals surface area (Å²) in [6.07, 6.45) is 2.51. The molecule has 0 atom stereocenters. The molecule has 0 saturated carbocycles. The smallest absolute Gasteiger partial charge is 0.166 e. The second-order valence-corrected chi connectivity index (χ2v) is 4.53. The van der Waals surface area contributed by atoms with E-state index in [1.807, 2.05) is 30.3 Å². The Kier molecular flexibility index (Phi) is 5.21. The van der Waals surface area contributed by atoms with Crippen molar-refractivity contribution in [3.8, 4) is 17.2 Å². The summed E-state index contributed by atoms with van der Waals surface area (Å²) in [4.78, 5) is 4.34. The van der Waals surface area contributed by atoms with Crippen molar-refractivity contribution in [3.05, 3.63) is 53.6 Å².